The summed E-state index contributed by atoms with van der Waals surface area (Å²) in [5.41, 5.74) is 11.8. The molecule has 1 unspecified atom stereocenters. The fourth-order valence-electron chi connectivity index (χ4n) is 3.57. The van der Waals surface area contributed by atoms with Gasteiger partial charge in [-0.1, -0.05) is 38.1 Å². The number of aryl methyl sites for hydroxylation is 1. The fourth-order valence-corrected chi connectivity index (χ4v) is 3.57. The summed E-state index contributed by atoms with van der Waals surface area (Å²) >= 11 is 0. The van der Waals surface area contributed by atoms with E-state index in [2.05, 4.69) is 48.0 Å². The third-order valence-electron chi connectivity index (χ3n) is 5.03. The van der Waals surface area contributed by atoms with Crippen molar-refractivity contribution in [3.8, 4) is 0 Å². The number of benzene rings is 1. The van der Waals surface area contributed by atoms with Crippen LogP contribution in [0.5, 0.6) is 0 Å². The highest BCUT2D eigenvalue weighted by atomic mass is 15.1. The molecule has 0 aliphatic carbocycles. The topological polar surface area (TPSA) is 54.5 Å². The maximum absolute atomic E-state index is 6.20. The van der Waals surface area contributed by atoms with E-state index in [1.165, 1.54) is 5.71 Å². The molecule has 4 nitrogen and oxygen atoms in total. The lowest BCUT2D eigenvalue weighted by molar-refractivity contribution is 0.262. The van der Waals surface area contributed by atoms with Gasteiger partial charge in [0.25, 0.3) is 0 Å². The lowest BCUT2D eigenvalue weighted by atomic mass is 9.94. The number of nitrogens with two attached hydrogens (primary N) is 1. The number of aromatic nitrogens is 1. The number of nitrogens with zero attached hydrogens (tertiary/aromatic N) is 3. The minimum absolute atomic E-state index is 0.149. The normalized spacial score (nSPS) is 16.7. The van der Waals surface area contributed by atoms with Crippen LogP contribution in [0, 0.1) is 12.8 Å². The summed E-state index contributed by atoms with van der Waals surface area (Å²) in [6.07, 6.45) is 2.06. The number of aliphatic imine (C=N–C) groups is 1. The Kier molecular flexibility index (Phi) is 6.04. The van der Waals surface area contributed by atoms with Crippen molar-refractivity contribution in [1.82, 2.24) is 9.88 Å². The van der Waals surface area contributed by atoms with Crippen molar-refractivity contribution in [3.05, 3.63) is 59.4 Å². The van der Waals surface area contributed by atoms with E-state index >= 15 is 0 Å². The Morgan fingerprint density at radius 2 is 1.81 bits per heavy atom. The molecule has 1 aromatic carbocycles. The van der Waals surface area contributed by atoms with Crippen LogP contribution in [-0.2, 0) is 6.54 Å². The molecule has 0 bridgehead atoms. The second kappa shape index (κ2) is 8.45. The van der Waals surface area contributed by atoms with Crippen molar-refractivity contribution < 1.29 is 0 Å². The van der Waals surface area contributed by atoms with Gasteiger partial charge < -0.3 is 5.73 Å². The minimum atomic E-state index is 0.149. The molecule has 26 heavy (non-hydrogen) atoms. The third kappa shape index (κ3) is 4.70. The van der Waals surface area contributed by atoms with Gasteiger partial charge in [0.15, 0.2) is 0 Å². The number of pyridine rings is 1. The molecule has 0 radical (unpaired) electrons. The van der Waals surface area contributed by atoms with Gasteiger partial charge in [0.2, 0.25) is 0 Å². The van der Waals surface area contributed by atoms with Gasteiger partial charge >= 0.3 is 0 Å². The van der Waals surface area contributed by atoms with Crippen LogP contribution in [0.15, 0.2) is 47.5 Å². The molecule has 1 aromatic heterocycles. The van der Waals surface area contributed by atoms with Crippen molar-refractivity contribution in [1.29, 1.82) is 0 Å². The van der Waals surface area contributed by atoms with E-state index < -0.39 is 0 Å². The summed E-state index contributed by atoms with van der Waals surface area (Å²) in [6, 6.07) is 14.5. The molecule has 138 valence electrons. The Balaban J connectivity index is 1.65. The van der Waals surface area contributed by atoms with Crippen LogP contribution < -0.4 is 5.73 Å². The lowest BCUT2D eigenvalue weighted by Gasteiger charge is -2.29. The quantitative estimate of drug-likeness (QED) is 0.813. The molecule has 1 fully saturated rings. The Bertz CT molecular complexity index is 756. The van der Waals surface area contributed by atoms with E-state index in [1.54, 1.807) is 0 Å². The summed E-state index contributed by atoms with van der Waals surface area (Å²) in [4.78, 5) is 12.2. The number of likely N-dealkylation sites (tertiary alicyclic amines) is 1. The largest absolute Gasteiger partial charge is 0.398 e. The lowest BCUT2D eigenvalue weighted by Crippen LogP contribution is -2.34. The first-order valence-electron chi connectivity index (χ1n) is 9.58. The van der Waals surface area contributed by atoms with Crippen LogP contribution in [0.2, 0.25) is 0 Å². The molecule has 1 atom stereocenters. The molecule has 3 rings (SSSR count). The van der Waals surface area contributed by atoms with Crippen molar-refractivity contribution in [2.75, 3.05) is 18.8 Å². The van der Waals surface area contributed by atoms with Crippen molar-refractivity contribution in [2.45, 2.75) is 46.2 Å². The number of nitrogen functional groups attached to an aromatic ring is 1. The van der Waals surface area contributed by atoms with Gasteiger partial charge in [0.1, 0.15) is 0 Å². The Morgan fingerprint density at radius 1 is 1.08 bits per heavy atom. The molecule has 1 aliphatic rings. The summed E-state index contributed by atoms with van der Waals surface area (Å²) in [6.45, 7) is 9.51. The predicted molar refractivity (Wildman–Crippen MR) is 109 cm³/mol. The molecule has 4 heteroatoms. The van der Waals surface area contributed by atoms with Crippen LogP contribution in [-0.4, -0.2) is 28.7 Å². The molecule has 1 saturated heterocycles. The first-order chi connectivity index (χ1) is 12.5. The van der Waals surface area contributed by atoms with E-state index in [9.17, 15) is 0 Å². The van der Waals surface area contributed by atoms with Crippen LogP contribution in [0.4, 0.5) is 5.69 Å². The SMILES string of the molecule is Cc1cccc(CN2CCC(=NC(c3ccccc3N)C(C)C)CC2)n1. The average Bonchev–Trinajstić information content (AvgIpc) is 2.62. The van der Waals surface area contributed by atoms with Gasteiger partial charge in [-0.25, -0.2) is 0 Å². The number of piperidine rings is 1. The van der Waals surface area contributed by atoms with Crippen LogP contribution >= 0.6 is 0 Å². The number of hydrogen-bond donors (Lipinski definition) is 1. The number of hydrogen-bond acceptors (Lipinski definition) is 4. The van der Waals surface area contributed by atoms with Gasteiger partial charge in [0.05, 0.1) is 11.7 Å². The summed E-state index contributed by atoms with van der Waals surface area (Å²) < 4.78 is 0. The van der Waals surface area contributed by atoms with E-state index in [1.807, 2.05) is 25.1 Å². The monoisotopic (exact) mass is 350 g/mol. The zero-order chi connectivity index (χ0) is 18.5. The Labute approximate surface area is 157 Å². The zero-order valence-corrected chi connectivity index (χ0v) is 16.2. The zero-order valence-electron chi connectivity index (χ0n) is 16.2. The summed E-state index contributed by atoms with van der Waals surface area (Å²) in [5, 5.41) is 0. The summed E-state index contributed by atoms with van der Waals surface area (Å²) in [5.74, 6) is 0.432. The van der Waals surface area contributed by atoms with Gasteiger partial charge in [-0.15, -0.1) is 0 Å². The van der Waals surface area contributed by atoms with Gasteiger partial charge in [-0.05, 0) is 49.4 Å². The van der Waals surface area contributed by atoms with Gasteiger partial charge in [-0.2, -0.15) is 0 Å². The Morgan fingerprint density at radius 3 is 2.46 bits per heavy atom. The molecule has 2 aromatic rings. The molecule has 1 aliphatic heterocycles. The van der Waals surface area contributed by atoms with Crippen molar-refractivity contribution in [3.63, 3.8) is 0 Å². The first-order valence-corrected chi connectivity index (χ1v) is 9.58. The molecule has 0 spiro atoms. The fraction of sp³-hybridized carbons (Fsp3) is 0.455. The van der Waals surface area contributed by atoms with Crippen molar-refractivity contribution in [2.24, 2.45) is 10.9 Å². The molecular weight excluding hydrogens is 320 g/mol. The predicted octanol–water partition coefficient (Wildman–Crippen LogP) is 4.41. The maximum Gasteiger partial charge on any atom is 0.0791 e. The smallest absolute Gasteiger partial charge is 0.0791 e. The number of anilines is 1. The third-order valence-corrected chi connectivity index (χ3v) is 5.03. The standard InChI is InChI=1S/C22H30N4/c1-16(2)22(20-9-4-5-10-21(20)23)25-18-11-13-26(14-12-18)15-19-8-6-7-17(3)24-19/h4-10,16,22H,11-15,23H2,1-3H3. The molecule has 0 saturated carbocycles. The van der Waals surface area contributed by atoms with Crippen LogP contribution in [0.3, 0.4) is 0 Å². The Hall–Kier alpha value is -2.20. The molecule has 2 heterocycles. The highest BCUT2D eigenvalue weighted by molar-refractivity contribution is 5.85. The number of rotatable bonds is 5. The molecular formula is C22H30N4. The van der Waals surface area contributed by atoms with Crippen molar-refractivity contribution >= 4 is 11.4 Å². The second-order valence-corrected chi connectivity index (χ2v) is 7.56. The highest BCUT2D eigenvalue weighted by Crippen LogP contribution is 2.31. The van der Waals surface area contributed by atoms with Gasteiger partial charge in [-0.3, -0.25) is 14.9 Å². The van der Waals surface area contributed by atoms with E-state index in [-0.39, 0.29) is 6.04 Å². The maximum atomic E-state index is 6.20. The first kappa shape index (κ1) is 18.6. The van der Waals surface area contributed by atoms with E-state index in [0.717, 1.165) is 55.1 Å². The summed E-state index contributed by atoms with van der Waals surface area (Å²) in [7, 11) is 0. The molecule has 2 N–H and O–H groups in total. The minimum Gasteiger partial charge on any atom is -0.398 e. The van der Waals surface area contributed by atoms with Crippen LogP contribution in [0.25, 0.3) is 0 Å². The number of para-hydroxylation sites is 1. The van der Waals surface area contributed by atoms with Gasteiger partial charge in [0, 0.05) is 36.7 Å². The average molecular weight is 351 g/mol. The van der Waals surface area contributed by atoms with E-state index in [4.69, 9.17) is 10.7 Å². The van der Waals surface area contributed by atoms with Crippen LogP contribution in [0.1, 0.15) is 49.7 Å². The second-order valence-electron chi connectivity index (χ2n) is 7.56. The molecule has 0 amide bonds. The van der Waals surface area contributed by atoms with E-state index in [0.29, 0.717) is 5.92 Å². The highest BCUT2D eigenvalue weighted by Gasteiger charge is 2.21.